The average molecular weight is 384 g/mol. The first-order chi connectivity index (χ1) is 13.6. The van der Waals surface area contributed by atoms with Crippen LogP contribution < -0.4 is 14.8 Å². The minimum Gasteiger partial charge on any atom is -0.497 e. The number of ether oxygens (including phenoxy) is 3. The van der Waals surface area contributed by atoms with Gasteiger partial charge in [0.05, 0.1) is 33.9 Å². The molecule has 2 aromatic carbocycles. The number of benzene rings is 2. The van der Waals surface area contributed by atoms with Gasteiger partial charge in [-0.15, -0.1) is 0 Å². The van der Waals surface area contributed by atoms with Gasteiger partial charge < -0.3 is 24.4 Å². The van der Waals surface area contributed by atoms with Crippen LogP contribution in [0.1, 0.15) is 15.9 Å². The summed E-state index contributed by atoms with van der Waals surface area (Å²) in [7, 11) is 3.07. The smallest absolute Gasteiger partial charge is 0.255 e. The highest BCUT2D eigenvalue weighted by molar-refractivity contribution is 6.04. The van der Waals surface area contributed by atoms with E-state index < -0.39 is 0 Å². The highest BCUT2D eigenvalue weighted by Gasteiger charge is 2.17. The summed E-state index contributed by atoms with van der Waals surface area (Å²) in [6.45, 7) is 2.45. The number of carbonyl (C=O) groups is 2. The molecule has 1 N–H and O–H groups in total. The Labute approximate surface area is 164 Å². The van der Waals surface area contributed by atoms with Crippen molar-refractivity contribution in [1.82, 2.24) is 4.90 Å². The molecule has 0 aliphatic carbocycles. The Morgan fingerprint density at radius 2 is 1.61 bits per heavy atom. The number of rotatable bonds is 6. The van der Waals surface area contributed by atoms with Gasteiger partial charge in [0.2, 0.25) is 5.91 Å². The molecule has 7 heteroatoms. The van der Waals surface area contributed by atoms with Crippen LogP contribution in [0, 0.1) is 0 Å². The van der Waals surface area contributed by atoms with Crippen molar-refractivity contribution in [3.8, 4) is 11.5 Å². The molecule has 0 spiro atoms. The van der Waals surface area contributed by atoms with Crippen LogP contribution in [0.5, 0.6) is 11.5 Å². The van der Waals surface area contributed by atoms with E-state index in [2.05, 4.69) is 5.32 Å². The number of morpholine rings is 1. The Morgan fingerprint density at radius 3 is 2.18 bits per heavy atom. The topological polar surface area (TPSA) is 77.1 Å². The number of anilines is 1. The first-order valence-corrected chi connectivity index (χ1v) is 9.08. The lowest BCUT2D eigenvalue weighted by Crippen LogP contribution is -2.41. The molecule has 7 nitrogen and oxygen atoms in total. The van der Waals surface area contributed by atoms with Gasteiger partial charge in [-0.05, 0) is 29.8 Å². The molecule has 0 radical (unpaired) electrons. The summed E-state index contributed by atoms with van der Waals surface area (Å²) in [4.78, 5) is 26.7. The SMILES string of the molecule is COc1cc(OC)cc(C(=O)Nc2ccc(CC(=O)N3CCOCC3)cc2)c1. The normalized spacial score (nSPS) is 13.7. The summed E-state index contributed by atoms with van der Waals surface area (Å²) in [5, 5.41) is 2.84. The van der Waals surface area contributed by atoms with Crippen LogP contribution in [0.2, 0.25) is 0 Å². The van der Waals surface area contributed by atoms with E-state index >= 15 is 0 Å². The van der Waals surface area contributed by atoms with Crippen molar-refractivity contribution < 1.29 is 23.8 Å². The maximum atomic E-state index is 12.5. The Kier molecular flexibility index (Phi) is 6.49. The molecule has 0 saturated carbocycles. The molecular weight excluding hydrogens is 360 g/mol. The van der Waals surface area contributed by atoms with Crippen molar-refractivity contribution in [2.45, 2.75) is 6.42 Å². The summed E-state index contributed by atoms with van der Waals surface area (Å²) in [6.07, 6.45) is 0.335. The van der Waals surface area contributed by atoms with E-state index in [1.165, 1.54) is 14.2 Å². The van der Waals surface area contributed by atoms with E-state index in [9.17, 15) is 9.59 Å². The fraction of sp³-hybridized carbons (Fsp3) is 0.333. The third-order valence-corrected chi connectivity index (χ3v) is 4.54. The molecular formula is C21H24N2O5. The first-order valence-electron chi connectivity index (χ1n) is 9.08. The van der Waals surface area contributed by atoms with E-state index in [-0.39, 0.29) is 11.8 Å². The zero-order valence-electron chi connectivity index (χ0n) is 16.1. The van der Waals surface area contributed by atoms with Crippen molar-refractivity contribution >= 4 is 17.5 Å². The van der Waals surface area contributed by atoms with Crippen LogP contribution in [0.3, 0.4) is 0 Å². The summed E-state index contributed by atoms with van der Waals surface area (Å²) in [5.41, 5.74) is 1.98. The summed E-state index contributed by atoms with van der Waals surface area (Å²) < 4.78 is 15.7. The number of hydrogen-bond acceptors (Lipinski definition) is 5. The molecule has 0 bridgehead atoms. The van der Waals surface area contributed by atoms with E-state index in [1.807, 2.05) is 17.0 Å². The van der Waals surface area contributed by atoms with Crippen LogP contribution in [0.25, 0.3) is 0 Å². The maximum absolute atomic E-state index is 12.5. The van der Waals surface area contributed by atoms with Gasteiger partial charge in [-0.2, -0.15) is 0 Å². The van der Waals surface area contributed by atoms with Crippen molar-refractivity contribution in [1.29, 1.82) is 0 Å². The molecule has 0 unspecified atom stereocenters. The molecule has 0 aromatic heterocycles. The quantitative estimate of drug-likeness (QED) is 0.827. The molecule has 3 rings (SSSR count). The van der Waals surface area contributed by atoms with Crippen LogP contribution in [-0.4, -0.2) is 57.2 Å². The molecule has 1 heterocycles. The fourth-order valence-corrected chi connectivity index (χ4v) is 2.95. The van der Waals surface area contributed by atoms with Gasteiger partial charge in [-0.25, -0.2) is 0 Å². The van der Waals surface area contributed by atoms with Gasteiger partial charge in [0.1, 0.15) is 11.5 Å². The van der Waals surface area contributed by atoms with Crippen LogP contribution in [-0.2, 0) is 16.0 Å². The van der Waals surface area contributed by atoms with Gasteiger partial charge in [0.25, 0.3) is 5.91 Å². The van der Waals surface area contributed by atoms with Crippen molar-refractivity contribution in [3.05, 3.63) is 53.6 Å². The van der Waals surface area contributed by atoms with Crippen molar-refractivity contribution in [3.63, 3.8) is 0 Å². The number of methoxy groups -OCH3 is 2. The lowest BCUT2D eigenvalue weighted by molar-refractivity contribution is -0.134. The zero-order valence-corrected chi connectivity index (χ0v) is 16.1. The third-order valence-electron chi connectivity index (χ3n) is 4.54. The van der Waals surface area contributed by atoms with Crippen LogP contribution in [0.4, 0.5) is 5.69 Å². The minimum absolute atomic E-state index is 0.0866. The summed E-state index contributed by atoms with van der Waals surface area (Å²) in [5.74, 6) is 0.904. The van der Waals surface area contributed by atoms with Crippen LogP contribution >= 0.6 is 0 Å². The first kappa shape index (κ1) is 19.7. The highest BCUT2D eigenvalue weighted by atomic mass is 16.5. The van der Waals surface area contributed by atoms with Gasteiger partial charge in [0, 0.05) is 30.4 Å². The zero-order chi connectivity index (χ0) is 19.9. The lowest BCUT2D eigenvalue weighted by Gasteiger charge is -2.26. The van der Waals surface area contributed by atoms with Gasteiger partial charge >= 0.3 is 0 Å². The van der Waals surface area contributed by atoms with E-state index in [0.717, 1.165) is 5.56 Å². The second kappa shape index (κ2) is 9.23. The highest BCUT2D eigenvalue weighted by Crippen LogP contribution is 2.23. The second-order valence-electron chi connectivity index (χ2n) is 6.42. The Balaban J connectivity index is 1.62. The van der Waals surface area contributed by atoms with Crippen LogP contribution in [0.15, 0.2) is 42.5 Å². The van der Waals surface area contributed by atoms with Gasteiger partial charge in [-0.1, -0.05) is 12.1 Å². The largest absolute Gasteiger partial charge is 0.497 e. The lowest BCUT2D eigenvalue weighted by atomic mass is 10.1. The summed E-state index contributed by atoms with van der Waals surface area (Å²) >= 11 is 0. The molecule has 1 saturated heterocycles. The van der Waals surface area contributed by atoms with E-state index in [4.69, 9.17) is 14.2 Å². The van der Waals surface area contributed by atoms with Gasteiger partial charge in [-0.3, -0.25) is 9.59 Å². The Bertz CT molecular complexity index is 807. The number of hydrogen-bond donors (Lipinski definition) is 1. The number of nitrogens with one attached hydrogen (secondary N) is 1. The standard InChI is InChI=1S/C21H24N2O5/c1-26-18-12-16(13-19(14-18)27-2)21(25)22-17-5-3-15(4-6-17)11-20(24)23-7-9-28-10-8-23/h3-6,12-14H,7-11H2,1-2H3,(H,22,25). The molecule has 2 aromatic rings. The molecule has 2 amide bonds. The Hall–Kier alpha value is -3.06. The van der Waals surface area contributed by atoms with E-state index in [1.54, 1.807) is 30.3 Å². The third kappa shape index (κ3) is 5.01. The summed E-state index contributed by atoms with van der Waals surface area (Å²) in [6, 6.07) is 12.3. The predicted octanol–water partition coefficient (Wildman–Crippen LogP) is 2.36. The second-order valence-corrected chi connectivity index (χ2v) is 6.42. The molecule has 28 heavy (non-hydrogen) atoms. The van der Waals surface area contributed by atoms with Crippen molar-refractivity contribution in [2.75, 3.05) is 45.8 Å². The molecule has 0 atom stereocenters. The van der Waals surface area contributed by atoms with Crippen molar-refractivity contribution in [2.24, 2.45) is 0 Å². The molecule has 148 valence electrons. The fourth-order valence-electron chi connectivity index (χ4n) is 2.95. The minimum atomic E-state index is -0.269. The predicted molar refractivity (Wildman–Crippen MR) is 105 cm³/mol. The van der Waals surface area contributed by atoms with E-state index in [0.29, 0.717) is 55.5 Å². The molecule has 1 fully saturated rings. The monoisotopic (exact) mass is 384 g/mol. The number of carbonyl (C=O) groups excluding carboxylic acids is 2. The molecule has 1 aliphatic heterocycles. The average Bonchev–Trinajstić information content (AvgIpc) is 2.75. The Morgan fingerprint density at radius 1 is 1.00 bits per heavy atom. The maximum Gasteiger partial charge on any atom is 0.255 e. The molecule has 1 aliphatic rings. The number of nitrogens with zero attached hydrogens (tertiary/aromatic N) is 1. The number of amides is 2. The van der Waals surface area contributed by atoms with Gasteiger partial charge in [0.15, 0.2) is 0 Å².